The van der Waals surface area contributed by atoms with E-state index in [0.29, 0.717) is 12.5 Å². The summed E-state index contributed by atoms with van der Waals surface area (Å²) in [6, 6.07) is 15.0. The lowest BCUT2D eigenvalue weighted by Crippen LogP contribution is -2.15. The van der Waals surface area contributed by atoms with E-state index in [0.717, 1.165) is 22.6 Å². The Morgan fingerprint density at radius 2 is 1.89 bits per heavy atom. The molecule has 0 saturated heterocycles. The van der Waals surface area contributed by atoms with Crippen molar-refractivity contribution in [3.8, 4) is 23.0 Å². The zero-order chi connectivity index (χ0) is 19.1. The summed E-state index contributed by atoms with van der Waals surface area (Å²) in [4.78, 5) is 12.0. The molecule has 3 aromatic rings. The second kappa shape index (κ2) is 8.84. The van der Waals surface area contributed by atoms with Crippen molar-refractivity contribution in [1.82, 2.24) is 10.2 Å². The fourth-order valence-electron chi connectivity index (χ4n) is 2.40. The summed E-state index contributed by atoms with van der Waals surface area (Å²) in [5.41, 5.74) is 1.85. The molecule has 1 amide bonds. The van der Waals surface area contributed by atoms with Gasteiger partial charge in [0, 0.05) is 5.56 Å². The van der Waals surface area contributed by atoms with Crippen molar-refractivity contribution in [1.29, 1.82) is 0 Å². The van der Waals surface area contributed by atoms with Gasteiger partial charge in [-0.2, -0.15) is 0 Å². The molecule has 0 aliphatic carbocycles. The highest BCUT2D eigenvalue weighted by Gasteiger charge is 2.11. The van der Waals surface area contributed by atoms with Gasteiger partial charge in [0.05, 0.1) is 19.6 Å². The van der Waals surface area contributed by atoms with E-state index in [2.05, 4.69) is 15.5 Å². The molecule has 1 N–H and O–H groups in total. The van der Waals surface area contributed by atoms with Crippen LogP contribution in [-0.4, -0.2) is 29.3 Å². The maximum atomic E-state index is 12.0. The van der Waals surface area contributed by atoms with Gasteiger partial charge in [0.1, 0.15) is 11.5 Å². The van der Waals surface area contributed by atoms with Crippen LogP contribution in [0.4, 0.5) is 6.01 Å². The van der Waals surface area contributed by atoms with Gasteiger partial charge in [-0.3, -0.25) is 10.1 Å². The number of nitrogens with zero attached hydrogens (tertiary/aromatic N) is 2. The Morgan fingerprint density at radius 1 is 1.07 bits per heavy atom. The highest BCUT2D eigenvalue weighted by atomic mass is 16.5. The maximum Gasteiger partial charge on any atom is 0.322 e. The van der Waals surface area contributed by atoms with E-state index in [-0.39, 0.29) is 24.9 Å². The van der Waals surface area contributed by atoms with Crippen LogP contribution in [-0.2, 0) is 4.79 Å². The number of aromatic nitrogens is 2. The summed E-state index contributed by atoms with van der Waals surface area (Å²) < 4.78 is 16.4. The lowest BCUT2D eigenvalue weighted by Gasteiger charge is -2.06. The van der Waals surface area contributed by atoms with E-state index in [4.69, 9.17) is 13.9 Å². The Labute approximate surface area is 157 Å². The van der Waals surface area contributed by atoms with Crippen molar-refractivity contribution in [3.05, 3.63) is 54.1 Å². The highest BCUT2D eigenvalue weighted by Crippen LogP contribution is 2.22. The minimum atomic E-state index is -0.260. The van der Waals surface area contributed by atoms with Crippen molar-refractivity contribution >= 4 is 11.9 Å². The third-order valence-electron chi connectivity index (χ3n) is 3.67. The van der Waals surface area contributed by atoms with E-state index < -0.39 is 0 Å². The van der Waals surface area contributed by atoms with Crippen LogP contribution in [0.25, 0.3) is 11.5 Å². The van der Waals surface area contributed by atoms with E-state index in [1.807, 2.05) is 62.4 Å². The first-order valence-electron chi connectivity index (χ1n) is 8.70. The lowest BCUT2D eigenvalue weighted by molar-refractivity contribution is -0.116. The number of aryl methyl sites for hydroxylation is 1. The van der Waals surface area contributed by atoms with Gasteiger partial charge in [-0.15, -0.1) is 5.10 Å². The third kappa shape index (κ3) is 5.31. The van der Waals surface area contributed by atoms with E-state index >= 15 is 0 Å². The number of hydrogen-bond donors (Lipinski definition) is 1. The number of hydrogen-bond acceptors (Lipinski definition) is 6. The average molecular weight is 367 g/mol. The van der Waals surface area contributed by atoms with Gasteiger partial charge in [-0.25, -0.2) is 0 Å². The first-order chi connectivity index (χ1) is 13.1. The predicted molar refractivity (Wildman–Crippen MR) is 101 cm³/mol. The Bertz CT molecular complexity index is 890. The lowest BCUT2D eigenvalue weighted by atomic mass is 10.2. The first-order valence-corrected chi connectivity index (χ1v) is 8.70. The van der Waals surface area contributed by atoms with E-state index in [1.165, 1.54) is 0 Å². The SMILES string of the molecule is CCOc1ccc(-c2nnc(NC(=O)CCOc3cccc(C)c3)o2)cc1. The molecule has 0 fully saturated rings. The molecule has 0 atom stereocenters. The molecule has 3 rings (SSSR count). The second-order valence-electron chi connectivity index (χ2n) is 5.83. The number of carbonyl (C=O) groups excluding carboxylic acids is 1. The zero-order valence-electron chi connectivity index (χ0n) is 15.3. The number of nitrogens with one attached hydrogen (secondary N) is 1. The van der Waals surface area contributed by atoms with Gasteiger partial charge >= 0.3 is 6.01 Å². The highest BCUT2D eigenvalue weighted by molar-refractivity contribution is 5.88. The fourth-order valence-corrected chi connectivity index (χ4v) is 2.40. The van der Waals surface area contributed by atoms with Gasteiger partial charge in [0.15, 0.2) is 0 Å². The molecule has 0 radical (unpaired) electrons. The van der Waals surface area contributed by atoms with Crippen LogP contribution in [0.15, 0.2) is 52.9 Å². The second-order valence-corrected chi connectivity index (χ2v) is 5.83. The monoisotopic (exact) mass is 367 g/mol. The van der Waals surface area contributed by atoms with Crippen molar-refractivity contribution in [3.63, 3.8) is 0 Å². The summed E-state index contributed by atoms with van der Waals surface area (Å²) >= 11 is 0. The Hall–Kier alpha value is -3.35. The van der Waals surface area contributed by atoms with Crippen LogP contribution in [0.1, 0.15) is 18.9 Å². The van der Waals surface area contributed by atoms with Crippen LogP contribution in [0.5, 0.6) is 11.5 Å². The number of carbonyl (C=O) groups is 1. The quantitative estimate of drug-likeness (QED) is 0.651. The molecule has 0 saturated carbocycles. The maximum absolute atomic E-state index is 12.0. The Morgan fingerprint density at radius 3 is 2.63 bits per heavy atom. The molecule has 7 heteroatoms. The van der Waals surface area contributed by atoms with Crippen molar-refractivity contribution in [2.45, 2.75) is 20.3 Å². The molecule has 27 heavy (non-hydrogen) atoms. The number of amides is 1. The van der Waals surface area contributed by atoms with Crippen LogP contribution < -0.4 is 14.8 Å². The fraction of sp³-hybridized carbons (Fsp3) is 0.250. The number of rotatable bonds is 8. The number of benzene rings is 2. The molecule has 0 aliphatic heterocycles. The van der Waals surface area contributed by atoms with Gasteiger partial charge in [-0.05, 0) is 55.8 Å². The van der Waals surface area contributed by atoms with Gasteiger partial charge < -0.3 is 13.9 Å². The summed E-state index contributed by atoms with van der Waals surface area (Å²) in [5.74, 6) is 1.56. The molecule has 0 spiro atoms. The largest absolute Gasteiger partial charge is 0.494 e. The predicted octanol–water partition coefficient (Wildman–Crippen LogP) is 3.85. The van der Waals surface area contributed by atoms with Crippen LogP contribution in [0.2, 0.25) is 0 Å². The Balaban J connectivity index is 1.50. The summed E-state index contributed by atoms with van der Waals surface area (Å²) in [5, 5.41) is 10.4. The molecule has 0 bridgehead atoms. The minimum absolute atomic E-state index is 0.0550. The molecule has 1 aromatic heterocycles. The van der Waals surface area contributed by atoms with Crippen LogP contribution in [0, 0.1) is 6.92 Å². The van der Waals surface area contributed by atoms with Crippen LogP contribution >= 0.6 is 0 Å². The molecule has 0 aliphatic rings. The van der Waals surface area contributed by atoms with E-state index in [1.54, 1.807) is 0 Å². The zero-order valence-corrected chi connectivity index (χ0v) is 15.3. The molecule has 2 aromatic carbocycles. The van der Waals surface area contributed by atoms with Gasteiger partial charge in [0.25, 0.3) is 0 Å². The molecular weight excluding hydrogens is 346 g/mol. The summed E-state index contributed by atoms with van der Waals surface area (Å²) in [6.45, 7) is 4.77. The Kier molecular flexibility index (Phi) is 6.04. The van der Waals surface area contributed by atoms with Crippen molar-refractivity contribution in [2.24, 2.45) is 0 Å². The summed E-state index contributed by atoms with van der Waals surface area (Å²) in [6.07, 6.45) is 0.175. The van der Waals surface area contributed by atoms with E-state index in [9.17, 15) is 4.79 Å². The third-order valence-corrected chi connectivity index (χ3v) is 3.67. The van der Waals surface area contributed by atoms with Crippen molar-refractivity contribution in [2.75, 3.05) is 18.5 Å². The van der Waals surface area contributed by atoms with Crippen molar-refractivity contribution < 1.29 is 18.7 Å². The topological polar surface area (TPSA) is 86.5 Å². The van der Waals surface area contributed by atoms with Gasteiger partial charge in [0.2, 0.25) is 11.8 Å². The average Bonchev–Trinajstić information content (AvgIpc) is 3.11. The van der Waals surface area contributed by atoms with Crippen LogP contribution in [0.3, 0.4) is 0 Å². The standard InChI is InChI=1S/C20H21N3O4/c1-3-25-16-9-7-15(8-10-16)19-22-23-20(27-19)21-18(24)11-12-26-17-6-4-5-14(2)13-17/h4-10,13H,3,11-12H2,1-2H3,(H,21,23,24). The smallest absolute Gasteiger partial charge is 0.322 e. The minimum Gasteiger partial charge on any atom is -0.494 e. The number of anilines is 1. The molecule has 140 valence electrons. The molecular formula is C20H21N3O4. The molecule has 0 unspecified atom stereocenters. The molecule has 7 nitrogen and oxygen atoms in total. The summed E-state index contributed by atoms with van der Waals surface area (Å²) in [7, 11) is 0. The first kappa shape index (κ1) is 18.4. The number of ether oxygens (including phenoxy) is 2. The molecule has 1 heterocycles. The van der Waals surface area contributed by atoms with Gasteiger partial charge in [-0.1, -0.05) is 17.2 Å². The normalized spacial score (nSPS) is 10.4.